The molecule has 0 unspecified atom stereocenters. The highest BCUT2D eigenvalue weighted by Crippen LogP contribution is 2.27. The molecule has 2 rings (SSSR count). The molecule has 0 saturated carbocycles. The summed E-state index contributed by atoms with van der Waals surface area (Å²) in [5.74, 6) is 0.516. The second kappa shape index (κ2) is 7.37. The van der Waals surface area contributed by atoms with Gasteiger partial charge in [-0.05, 0) is 38.1 Å². The van der Waals surface area contributed by atoms with Crippen molar-refractivity contribution in [2.75, 3.05) is 20.2 Å². The zero-order valence-electron chi connectivity index (χ0n) is 15.4. The Morgan fingerprint density at radius 3 is 2.04 bits per heavy atom. The third-order valence-electron chi connectivity index (χ3n) is 4.07. The van der Waals surface area contributed by atoms with Crippen LogP contribution in [0.5, 0.6) is 5.75 Å². The normalized spacial score (nSPS) is 12.5. The lowest BCUT2D eigenvalue weighted by Gasteiger charge is -2.18. The maximum absolute atomic E-state index is 12.9. The number of sulfonamides is 1. The van der Waals surface area contributed by atoms with Crippen molar-refractivity contribution in [1.82, 2.24) is 13.5 Å². The first-order valence-electron chi connectivity index (χ1n) is 8.07. The summed E-state index contributed by atoms with van der Waals surface area (Å²) in [6.07, 6.45) is 0. The van der Waals surface area contributed by atoms with E-state index in [4.69, 9.17) is 4.74 Å². The molecule has 0 spiro atoms. The Balaban J connectivity index is 2.62. The molecule has 26 heavy (non-hydrogen) atoms. The summed E-state index contributed by atoms with van der Waals surface area (Å²) >= 11 is 0. The number of hydrogen-bond acceptors (Lipinski definition) is 6. The molecule has 0 N–H and O–H groups in total. The van der Waals surface area contributed by atoms with Crippen molar-refractivity contribution in [2.24, 2.45) is 0 Å². The van der Waals surface area contributed by atoms with Gasteiger partial charge in [0, 0.05) is 13.1 Å². The lowest BCUT2D eigenvalue weighted by atomic mass is 10.3. The molecule has 0 fully saturated rings. The van der Waals surface area contributed by atoms with Gasteiger partial charge in [0.1, 0.15) is 10.6 Å². The molecule has 0 aliphatic carbocycles. The van der Waals surface area contributed by atoms with Gasteiger partial charge in [-0.3, -0.25) is 0 Å². The van der Waals surface area contributed by atoms with Gasteiger partial charge >= 0.3 is 0 Å². The topological polar surface area (TPSA) is 98.6 Å². The van der Waals surface area contributed by atoms with Crippen LogP contribution in [0.3, 0.4) is 0 Å². The smallest absolute Gasteiger partial charge is 0.283 e. The average Bonchev–Trinajstić information content (AvgIpc) is 2.91. The molecule has 0 aliphatic rings. The largest absolute Gasteiger partial charge is 0.497 e. The van der Waals surface area contributed by atoms with Gasteiger partial charge in [0.05, 0.1) is 23.4 Å². The summed E-state index contributed by atoms with van der Waals surface area (Å²) in [5.41, 5.74) is 0.205. The number of aryl methyl sites for hydroxylation is 1. The summed E-state index contributed by atoms with van der Waals surface area (Å²) in [7, 11) is -6.38. The van der Waals surface area contributed by atoms with Gasteiger partial charge in [-0.1, -0.05) is 13.8 Å². The SMILES string of the molecule is CCN(CC)S(=O)(=O)c1c(C)nn(S(=O)(=O)c2ccc(OC)cc2)c1C. The number of ether oxygens (including phenoxy) is 1. The van der Waals surface area contributed by atoms with Gasteiger partial charge < -0.3 is 4.74 Å². The van der Waals surface area contributed by atoms with Crippen LogP contribution < -0.4 is 4.74 Å². The van der Waals surface area contributed by atoms with E-state index in [1.54, 1.807) is 13.8 Å². The van der Waals surface area contributed by atoms with E-state index in [0.717, 1.165) is 4.09 Å². The Morgan fingerprint density at radius 2 is 1.58 bits per heavy atom. The number of nitrogens with zero attached hydrogens (tertiary/aromatic N) is 3. The molecular weight excluding hydrogens is 378 g/mol. The van der Waals surface area contributed by atoms with Crippen LogP contribution in [-0.4, -0.2) is 50.5 Å². The highest BCUT2D eigenvalue weighted by Gasteiger charge is 2.32. The minimum Gasteiger partial charge on any atom is -0.497 e. The van der Waals surface area contributed by atoms with Gasteiger partial charge in [0.25, 0.3) is 10.0 Å². The third-order valence-corrected chi connectivity index (χ3v) is 8.05. The molecule has 1 aromatic heterocycles. The fourth-order valence-corrected chi connectivity index (χ4v) is 5.98. The van der Waals surface area contributed by atoms with E-state index >= 15 is 0 Å². The average molecular weight is 402 g/mol. The van der Waals surface area contributed by atoms with Gasteiger partial charge in [0.2, 0.25) is 10.0 Å². The second-order valence-corrected chi connectivity index (χ2v) is 9.25. The molecule has 0 atom stereocenters. The molecular formula is C16H23N3O5S2. The highest BCUT2D eigenvalue weighted by atomic mass is 32.2. The molecule has 1 heterocycles. The summed E-state index contributed by atoms with van der Waals surface area (Å²) < 4.78 is 58.6. The lowest BCUT2D eigenvalue weighted by molar-refractivity contribution is 0.414. The van der Waals surface area contributed by atoms with Crippen molar-refractivity contribution in [2.45, 2.75) is 37.5 Å². The number of hydrogen-bond donors (Lipinski definition) is 0. The van der Waals surface area contributed by atoms with Gasteiger partial charge in [-0.25, -0.2) is 8.42 Å². The van der Waals surface area contributed by atoms with E-state index in [2.05, 4.69) is 5.10 Å². The molecule has 0 radical (unpaired) electrons. The summed E-state index contributed by atoms with van der Waals surface area (Å²) in [4.78, 5) is -0.0750. The van der Waals surface area contributed by atoms with Crippen LogP contribution >= 0.6 is 0 Å². The molecule has 144 valence electrons. The van der Waals surface area contributed by atoms with Crippen molar-refractivity contribution in [1.29, 1.82) is 0 Å². The monoisotopic (exact) mass is 401 g/mol. The zero-order valence-corrected chi connectivity index (χ0v) is 17.1. The van der Waals surface area contributed by atoms with E-state index in [-0.39, 0.29) is 34.3 Å². The second-order valence-electron chi connectivity index (χ2n) is 5.61. The Morgan fingerprint density at radius 1 is 1.04 bits per heavy atom. The first-order valence-corrected chi connectivity index (χ1v) is 10.9. The van der Waals surface area contributed by atoms with Gasteiger partial charge in [-0.15, -0.1) is 0 Å². The van der Waals surface area contributed by atoms with Crippen molar-refractivity contribution < 1.29 is 21.6 Å². The first-order chi connectivity index (χ1) is 12.1. The standard InChI is InChI=1S/C16H23N3O5S2/c1-6-18(7-2)26(22,23)16-12(3)17-19(13(16)4)25(20,21)15-10-8-14(24-5)9-11-15/h8-11H,6-7H2,1-5H3. The predicted octanol–water partition coefficient (Wildman–Crippen LogP) is 1.78. The van der Waals surface area contributed by atoms with Crippen LogP contribution in [0.2, 0.25) is 0 Å². The third kappa shape index (κ3) is 3.36. The van der Waals surface area contributed by atoms with E-state index in [1.165, 1.54) is 49.5 Å². The molecule has 1 aromatic carbocycles. The Bertz CT molecular complexity index is 989. The van der Waals surface area contributed by atoms with E-state index in [9.17, 15) is 16.8 Å². The van der Waals surface area contributed by atoms with Crippen molar-refractivity contribution >= 4 is 20.0 Å². The first kappa shape index (κ1) is 20.4. The molecule has 10 heteroatoms. The predicted molar refractivity (Wildman–Crippen MR) is 97.4 cm³/mol. The van der Waals surface area contributed by atoms with Gasteiger partial charge in [-0.2, -0.15) is 21.9 Å². The van der Waals surface area contributed by atoms with Crippen LogP contribution in [0.25, 0.3) is 0 Å². The highest BCUT2D eigenvalue weighted by molar-refractivity contribution is 7.90. The molecule has 0 bridgehead atoms. The quantitative estimate of drug-likeness (QED) is 0.701. The minimum atomic E-state index is -4.03. The van der Waals surface area contributed by atoms with Crippen molar-refractivity contribution in [3.8, 4) is 5.75 Å². The maximum Gasteiger partial charge on any atom is 0.283 e. The van der Waals surface area contributed by atoms with E-state index in [0.29, 0.717) is 5.75 Å². The minimum absolute atomic E-state index is 0.00399. The lowest BCUT2D eigenvalue weighted by Crippen LogP contribution is -2.31. The van der Waals surface area contributed by atoms with Crippen molar-refractivity contribution in [3.63, 3.8) is 0 Å². The van der Waals surface area contributed by atoms with Crippen LogP contribution in [-0.2, 0) is 20.0 Å². The Labute approximate surface area is 154 Å². The summed E-state index contributed by atoms with van der Waals surface area (Å²) in [6, 6.07) is 5.82. The van der Waals surface area contributed by atoms with Crippen molar-refractivity contribution in [3.05, 3.63) is 35.7 Å². The molecule has 0 aliphatic heterocycles. The van der Waals surface area contributed by atoms with E-state index in [1.807, 2.05) is 0 Å². The number of aromatic nitrogens is 2. The Hall–Kier alpha value is -1.91. The zero-order chi connectivity index (χ0) is 19.7. The molecule has 8 nitrogen and oxygen atoms in total. The number of benzene rings is 1. The van der Waals surface area contributed by atoms with Crippen LogP contribution in [0.1, 0.15) is 25.2 Å². The maximum atomic E-state index is 12.9. The fraction of sp³-hybridized carbons (Fsp3) is 0.438. The van der Waals surface area contributed by atoms with Crippen LogP contribution in [0, 0.1) is 13.8 Å². The molecule has 0 saturated heterocycles. The number of methoxy groups -OCH3 is 1. The van der Waals surface area contributed by atoms with Gasteiger partial charge in [0.15, 0.2) is 0 Å². The number of rotatable bonds is 7. The fourth-order valence-electron chi connectivity index (χ4n) is 2.75. The molecule has 0 amide bonds. The molecule has 2 aromatic rings. The summed E-state index contributed by atoms with van der Waals surface area (Å²) in [6.45, 7) is 6.96. The van der Waals surface area contributed by atoms with Crippen LogP contribution in [0.15, 0.2) is 34.1 Å². The Kier molecular flexibility index (Phi) is 5.79. The van der Waals surface area contributed by atoms with Crippen LogP contribution in [0.4, 0.5) is 0 Å². The van der Waals surface area contributed by atoms with E-state index < -0.39 is 20.0 Å². The summed E-state index contributed by atoms with van der Waals surface area (Å²) in [5, 5.41) is 4.01.